The molecule has 0 spiro atoms. The third-order valence-corrected chi connectivity index (χ3v) is 5.66. The van der Waals surface area contributed by atoms with Gasteiger partial charge in [0.15, 0.2) is 0 Å². The molecular formula is C22H35NO3. The number of nitrogens with two attached hydrogens (primary N) is 1. The number of hydrogen-bond donors (Lipinski definition) is 2. The van der Waals surface area contributed by atoms with Gasteiger partial charge in [0.1, 0.15) is 0 Å². The average molecular weight is 362 g/mol. The zero-order chi connectivity index (χ0) is 18.8. The molecule has 1 aliphatic carbocycles. The van der Waals surface area contributed by atoms with Crippen LogP contribution in [0.3, 0.4) is 0 Å². The van der Waals surface area contributed by atoms with Crippen molar-refractivity contribution in [3.05, 3.63) is 35.4 Å². The van der Waals surface area contributed by atoms with Crippen molar-refractivity contribution in [3.63, 3.8) is 0 Å². The number of ether oxygens (including phenoxy) is 1. The van der Waals surface area contributed by atoms with Crippen LogP contribution in [0.2, 0.25) is 0 Å². The number of aliphatic hydroxyl groups is 1. The Morgan fingerprint density at radius 1 is 1.12 bits per heavy atom. The van der Waals surface area contributed by atoms with Crippen LogP contribution in [0.4, 0.5) is 0 Å². The van der Waals surface area contributed by atoms with E-state index in [1.165, 1.54) is 12.5 Å². The Labute approximate surface area is 158 Å². The molecule has 1 fully saturated rings. The standard InChI is InChI=1S/C22H35NO3/c1-17(24)26-15-5-3-2-4-6-18-7-11-20(12-8-18)22(25)21-13-9-19(16-23)10-14-21/h7-8,11-12,19,21-22,25H,2-6,9-10,13-16,23H2,1H3. The predicted octanol–water partition coefficient (Wildman–Crippen LogP) is 4.15. The van der Waals surface area contributed by atoms with Crippen LogP contribution in [0.25, 0.3) is 0 Å². The number of aliphatic hydroxyl groups excluding tert-OH is 1. The number of esters is 1. The number of hydrogen-bond acceptors (Lipinski definition) is 4. The van der Waals surface area contributed by atoms with Crippen molar-refractivity contribution in [2.45, 2.75) is 70.8 Å². The van der Waals surface area contributed by atoms with Gasteiger partial charge in [0, 0.05) is 6.92 Å². The highest BCUT2D eigenvalue weighted by atomic mass is 16.5. The molecule has 0 heterocycles. The lowest BCUT2D eigenvalue weighted by Gasteiger charge is -2.31. The number of carbonyl (C=O) groups is 1. The van der Waals surface area contributed by atoms with Crippen molar-refractivity contribution in [1.82, 2.24) is 0 Å². The Bertz CT molecular complexity index is 521. The minimum absolute atomic E-state index is 0.195. The summed E-state index contributed by atoms with van der Waals surface area (Å²) in [5, 5.41) is 10.7. The molecule has 1 unspecified atom stereocenters. The molecule has 4 nitrogen and oxygen atoms in total. The van der Waals surface area contributed by atoms with Gasteiger partial charge in [0.05, 0.1) is 12.7 Å². The fraction of sp³-hybridized carbons (Fsp3) is 0.682. The molecule has 0 aliphatic heterocycles. The van der Waals surface area contributed by atoms with Gasteiger partial charge in [0.25, 0.3) is 0 Å². The van der Waals surface area contributed by atoms with Gasteiger partial charge >= 0.3 is 5.97 Å². The Balaban J connectivity index is 1.66. The van der Waals surface area contributed by atoms with Crippen molar-refractivity contribution < 1.29 is 14.6 Å². The van der Waals surface area contributed by atoms with Gasteiger partial charge in [0.2, 0.25) is 0 Å². The molecular weight excluding hydrogens is 326 g/mol. The first-order chi connectivity index (χ1) is 12.6. The smallest absolute Gasteiger partial charge is 0.302 e. The number of carbonyl (C=O) groups excluding carboxylic acids is 1. The Morgan fingerprint density at radius 3 is 2.38 bits per heavy atom. The largest absolute Gasteiger partial charge is 0.466 e. The molecule has 2 rings (SSSR count). The first-order valence-corrected chi connectivity index (χ1v) is 10.2. The molecule has 1 atom stereocenters. The molecule has 1 aromatic carbocycles. The Morgan fingerprint density at radius 2 is 1.77 bits per heavy atom. The van der Waals surface area contributed by atoms with E-state index in [-0.39, 0.29) is 12.1 Å². The molecule has 146 valence electrons. The summed E-state index contributed by atoms with van der Waals surface area (Å²) in [7, 11) is 0. The second-order valence-electron chi connectivity index (χ2n) is 7.71. The van der Waals surface area contributed by atoms with Crippen LogP contribution in [0.5, 0.6) is 0 Å². The van der Waals surface area contributed by atoms with Gasteiger partial charge in [-0.3, -0.25) is 4.79 Å². The monoisotopic (exact) mass is 361 g/mol. The molecule has 4 heteroatoms. The summed E-state index contributed by atoms with van der Waals surface area (Å²) in [4.78, 5) is 10.7. The first kappa shape index (κ1) is 20.9. The van der Waals surface area contributed by atoms with Crippen LogP contribution in [-0.4, -0.2) is 24.2 Å². The fourth-order valence-electron chi connectivity index (χ4n) is 3.89. The van der Waals surface area contributed by atoms with Crippen molar-refractivity contribution in [3.8, 4) is 0 Å². The summed E-state index contributed by atoms with van der Waals surface area (Å²) in [6.07, 6.45) is 9.50. The van der Waals surface area contributed by atoms with Gasteiger partial charge < -0.3 is 15.6 Å². The lowest BCUT2D eigenvalue weighted by molar-refractivity contribution is -0.141. The highest BCUT2D eigenvalue weighted by Crippen LogP contribution is 2.36. The molecule has 0 amide bonds. The van der Waals surface area contributed by atoms with E-state index in [2.05, 4.69) is 24.3 Å². The zero-order valence-electron chi connectivity index (χ0n) is 16.2. The Kier molecular flexibility index (Phi) is 9.13. The third-order valence-electron chi connectivity index (χ3n) is 5.66. The first-order valence-electron chi connectivity index (χ1n) is 10.2. The van der Waals surface area contributed by atoms with E-state index in [1.54, 1.807) is 0 Å². The normalized spacial score (nSPS) is 21.3. The lowest BCUT2D eigenvalue weighted by Crippen LogP contribution is -2.24. The van der Waals surface area contributed by atoms with Gasteiger partial charge in [-0.05, 0) is 74.5 Å². The molecule has 0 bridgehead atoms. The lowest BCUT2D eigenvalue weighted by atomic mass is 9.78. The van der Waals surface area contributed by atoms with Gasteiger partial charge in [-0.1, -0.05) is 37.1 Å². The summed E-state index contributed by atoms with van der Waals surface area (Å²) in [6.45, 7) is 2.77. The number of rotatable bonds is 10. The maximum absolute atomic E-state index is 10.7. The van der Waals surface area contributed by atoms with Gasteiger partial charge in [-0.25, -0.2) is 0 Å². The summed E-state index contributed by atoms with van der Waals surface area (Å²) < 4.78 is 4.94. The fourth-order valence-corrected chi connectivity index (χ4v) is 3.89. The number of aryl methyl sites for hydroxylation is 1. The average Bonchev–Trinajstić information content (AvgIpc) is 2.67. The van der Waals surface area contributed by atoms with Crippen molar-refractivity contribution in [2.75, 3.05) is 13.2 Å². The van der Waals surface area contributed by atoms with E-state index in [1.807, 2.05) is 0 Å². The van der Waals surface area contributed by atoms with E-state index >= 15 is 0 Å². The minimum Gasteiger partial charge on any atom is -0.466 e. The van der Waals surface area contributed by atoms with E-state index in [9.17, 15) is 9.90 Å². The van der Waals surface area contributed by atoms with Crippen LogP contribution in [0.15, 0.2) is 24.3 Å². The highest BCUT2D eigenvalue weighted by molar-refractivity contribution is 5.65. The minimum atomic E-state index is -0.343. The Hall–Kier alpha value is -1.39. The summed E-state index contributed by atoms with van der Waals surface area (Å²) in [5.41, 5.74) is 8.13. The summed E-state index contributed by atoms with van der Waals surface area (Å²) in [6, 6.07) is 8.50. The van der Waals surface area contributed by atoms with E-state index in [0.717, 1.165) is 69.9 Å². The SMILES string of the molecule is CC(=O)OCCCCCCc1ccc(C(O)C2CCC(CN)CC2)cc1. The molecule has 3 N–H and O–H groups in total. The maximum Gasteiger partial charge on any atom is 0.302 e. The van der Waals surface area contributed by atoms with Gasteiger partial charge in [-0.2, -0.15) is 0 Å². The topological polar surface area (TPSA) is 72.5 Å². The van der Waals surface area contributed by atoms with Crippen LogP contribution in [0, 0.1) is 11.8 Å². The van der Waals surface area contributed by atoms with Crippen LogP contribution < -0.4 is 5.73 Å². The molecule has 1 saturated carbocycles. The van der Waals surface area contributed by atoms with Crippen molar-refractivity contribution in [1.29, 1.82) is 0 Å². The van der Waals surface area contributed by atoms with E-state index < -0.39 is 0 Å². The van der Waals surface area contributed by atoms with Crippen LogP contribution >= 0.6 is 0 Å². The predicted molar refractivity (Wildman–Crippen MR) is 105 cm³/mol. The van der Waals surface area contributed by atoms with E-state index in [4.69, 9.17) is 10.5 Å². The van der Waals surface area contributed by atoms with E-state index in [0.29, 0.717) is 18.4 Å². The zero-order valence-corrected chi connectivity index (χ0v) is 16.2. The highest BCUT2D eigenvalue weighted by Gasteiger charge is 2.26. The number of unbranched alkanes of at least 4 members (excludes halogenated alkanes) is 3. The molecule has 26 heavy (non-hydrogen) atoms. The second kappa shape index (κ2) is 11.3. The van der Waals surface area contributed by atoms with Crippen LogP contribution in [0.1, 0.15) is 75.5 Å². The molecule has 1 aliphatic rings. The molecule has 1 aromatic rings. The summed E-state index contributed by atoms with van der Waals surface area (Å²) >= 11 is 0. The quantitative estimate of drug-likeness (QED) is 0.485. The second-order valence-corrected chi connectivity index (χ2v) is 7.71. The third kappa shape index (κ3) is 7.08. The maximum atomic E-state index is 10.7. The van der Waals surface area contributed by atoms with Crippen molar-refractivity contribution >= 4 is 5.97 Å². The molecule has 0 radical (unpaired) electrons. The van der Waals surface area contributed by atoms with Crippen molar-refractivity contribution in [2.24, 2.45) is 17.6 Å². The molecule has 0 saturated heterocycles. The van der Waals surface area contributed by atoms with Crippen LogP contribution in [-0.2, 0) is 16.0 Å². The molecule has 0 aromatic heterocycles. The van der Waals surface area contributed by atoms with Gasteiger partial charge in [-0.15, -0.1) is 0 Å². The number of benzene rings is 1. The summed E-state index contributed by atoms with van der Waals surface area (Å²) in [5.74, 6) is 0.829.